The lowest BCUT2D eigenvalue weighted by Gasteiger charge is -2.37. The number of benzene rings is 4. The van der Waals surface area contributed by atoms with Crippen molar-refractivity contribution in [3.8, 4) is 11.8 Å². The molecule has 1 N–H and O–H groups in total. The molecular formula is C35H32N4O2. The van der Waals surface area contributed by atoms with Gasteiger partial charge in [-0.05, 0) is 72.8 Å². The molecule has 0 fully saturated rings. The summed E-state index contributed by atoms with van der Waals surface area (Å²) in [6, 6.07) is 35.7. The lowest BCUT2D eigenvalue weighted by Crippen LogP contribution is -2.45. The van der Waals surface area contributed by atoms with Crippen LogP contribution in [0.3, 0.4) is 0 Å². The Bertz CT molecular complexity index is 1570. The Kier molecular flexibility index (Phi) is 7.88. The first kappa shape index (κ1) is 26.5. The Morgan fingerprint density at radius 2 is 1.66 bits per heavy atom. The van der Waals surface area contributed by atoms with E-state index in [1.165, 1.54) is 11.1 Å². The molecule has 2 atom stereocenters. The second kappa shape index (κ2) is 12.2. The van der Waals surface area contributed by atoms with Gasteiger partial charge in [0.15, 0.2) is 0 Å². The average molecular weight is 541 g/mol. The molecular weight excluding hydrogens is 508 g/mol. The summed E-state index contributed by atoms with van der Waals surface area (Å²) >= 11 is 0. The topological polar surface area (TPSA) is 77.7 Å². The number of nitrogens with one attached hydrogen (secondary N) is 1. The highest BCUT2D eigenvalue weighted by molar-refractivity contribution is 6.03. The van der Waals surface area contributed by atoms with Crippen LogP contribution in [0.15, 0.2) is 108 Å². The van der Waals surface area contributed by atoms with Gasteiger partial charge in [-0.1, -0.05) is 72.8 Å². The van der Waals surface area contributed by atoms with E-state index in [1.807, 2.05) is 35.3 Å². The quantitative estimate of drug-likeness (QED) is 0.185. The second-order valence-electron chi connectivity index (χ2n) is 10.5. The summed E-state index contributed by atoms with van der Waals surface area (Å²) in [6.07, 6.45) is 3.13. The predicted octanol–water partition coefficient (Wildman–Crippen LogP) is 6.42. The van der Waals surface area contributed by atoms with E-state index in [9.17, 15) is 4.79 Å². The molecule has 0 amide bonds. The van der Waals surface area contributed by atoms with E-state index in [0.717, 1.165) is 49.2 Å². The van der Waals surface area contributed by atoms with Crippen LogP contribution in [0.5, 0.6) is 5.75 Å². The van der Waals surface area contributed by atoms with Crippen molar-refractivity contribution in [2.75, 3.05) is 6.54 Å². The van der Waals surface area contributed by atoms with Crippen molar-refractivity contribution in [3.05, 3.63) is 137 Å². The molecule has 0 radical (unpaired) electrons. The van der Waals surface area contributed by atoms with Gasteiger partial charge in [-0.25, -0.2) is 5.01 Å². The Labute approximate surface area is 240 Å². The molecule has 0 spiro atoms. The summed E-state index contributed by atoms with van der Waals surface area (Å²) in [6.45, 7) is 1.91. The van der Waals surface area contributed by atoms with Crippen molar-refractivity contribution >= 4 is 11.5 Å². The lowest BCUT2D eigenvalue weighted by molar-refractivity contribution is -0.00455. The minimum absolute atomic E-state index is 0.0784. The molecule has 0 saturated heterocycles. The number of fused-ring (bicyclic) bond motifs is 3. The summed E-state index contributed by atoms with van der Waals surface area (Å²) < 4.78 is 6.22. The molecule has 4 aromatic carbocycles. The van der Waals surface area contributed by atoms with Crippen molar-refractivity contribution in [1.29, 1.82) is 5.26 Å². The van der Waals surface area contributed by atoms with E-state index in [-0.39, 0.29) is 11.8 Å². The number of aryl methyl sites for hydroxylation is 1. The maximum atomic E-state index is 13.6. The first-order valence-electron chi connectivity index (χ1n) is 14.2. The van der Waals surface area contributed by atoms with Crippen LogP contribution in [-0.4, -0.2) is 29.3 Å². The van der Waals surface area contributed by atoms with Gasteiger partial charge >= 0.3 is 0 Å². The highest BCUT2D eigenvalue weighted by atomic mass is 16.5. The Morgan fingerprint density at radius 1 is 0.902 bits per heavy atom. The number of ether oxygens (including phenoxy) is 1. The fourth-order valence-electron chi connectivity index (χ4n) is 5.50. The summed E-state index contributed by atoms with van der Waals surface area (Å²) in [7, 11) is 0. The van der Waals surface area contributed by atoms with Gasteiger partial charge in [0.1, 0.15) is 5.75 Å². The van der Waals surface area contributed by atoms with Crippen molar-refractivity contribution < 1.29 is 9.53 Å². The number of carbonyl (C=O) groups excluding carboxylic acids is 1. The summed E-state index contributed by atoms with van der Waals surface area (Å²) in [5.41, 5.74) is 6.69. The van der Waals surface area contributed by atoms with Crippen LogP contribution in [0.2, 0.25) is 0 Å². The van der Waals surface area contributed by atoms with Crippen molar-refractivity contribution in [2.24, 2.45) is 5.10 Å². The number of carbonyl (C=O) groups is 1. The molecule has 0 saturated carbocycles. The molecule has 2 aliphatic heterocycles. The van der Waals surface area contributed by atoms with Crippen molar-refractivity contribution in [1.82, 2.24) is 10.3 Å². The monoisotopic (exact) mass is 540 g/mol. The number of Topliss-reactive ketones (excluding diaryl/α,β-unsaturated/α-hetero) is 1. The zero-order chi connectivity index (χ0) is 28.0. The second-order valence-corrected chi connectivity index (χ2v) is 10.5. The number of nitriles is 1. The molecule has 0 bridgehead atoms. The first-order valence-corrected chi connectivity index (χ1v) is 14.2. The number of ketones is 1. The fraction of sp³-hybridized carbons (Fsp3) is 0.229. The van der Waals surface area contributed by atoms with E-state index in [4.69, 9.17) is 15.1 Å². The van der Waals surface area contributed by atoms with E-state index in [0.29, 0.717) is 23.3 Å². The van der Waals surface area contributed by atoms with Crippen molar-refractivity contribution in [3.63, 3.8) is 0 Å². The van der Waals surface area contributed by atoms with Gasteiger partial charge in [0, 0.05) is 24.1 Å². The number of nitrogens with zero attached hydrogens (tertiary/aromatic N) is 3. The average Bonchev–Trinajstić information content (AvgIpc) is 3.49. The molecule has 2 heterocycles. The van der Waals surface area contributed by atoms with Gasteiger partial charge in [-0.2, -0.15) is 10.4 Å². The standard InChI is InChI=1S/C35H32N4O2/c36-23-26-15-19-29(20-16-26)34(40)35-39-32(30-11-4-5-12-33(30)41-35)22-31(38-39)28-17-13-25(14-18-28)8-6-7-21-37-24-27-9-2-1-3-10-27/h1-5,9-20,32,35,37H,6-8,21-22,24H2. The molecule has 2 aliphatic rings. The van der Waals surface area contributed by atoms with Crippen LogP contribution in [0, 0.1) is 11.3 Å². The predicted molar refractivity (Wildman–Crippen MR) is 160 cm³/mol. The number of rotatable bonds is 10. The first-order chi connectivity index (χ1) is 20.2. The summed E-state index contributed by atoms with van der Waals surface area (Å²) in [5.74, 6) is 0.540. The van der Waals surface area contributed by atoms with Crippen molar-refractivity contribution in [2.45, 2.75) is 44.5 Å². The van der Waals surface area contributed by atoms with Gasteiger partial charge in [0.05, 0.1) is 23.4 Å². The minimum Gasteiger partial charge on any atom is -0.461 e. The molecule has 6 rings (SSSR count). The van der Waals surface area contributed by atoms with Crippen LogP contribution >= 0.6 is 0 Å². The van der Waals surface area contributed by atoms with Crippen LogP contribution in [0.1, 0.15) is 63.5 Å². The third kappa shape index (κ3) is 5.91. The van der Waals surface area contributed by atoms with Gasteiger partial charge in [0.25, 0.3) is 6.23 Å². The number of hydrogen-bond acceptors (Lipinski definition) is 6. The van der Waals surface area contributed by atoms with E-state index in [2.05, 4.69) is 59.9 Å². The SMILES string of the molecule is N#Cc1ccc(C(=O)C2Oc3ccccc3C3CC(c4ccc(CCCCNCc5ccccc5)cc4)=NN23)cc1. The van der Waals surface area contributed by atoms with E-state index >= 15 is 0 Å². The largest absolute Gasteiger partial charge is 0.461 e. The van der Waals surface area contributed by atoms with Gasteiger partial charge in [-0.3, -0.25) is 4.79 Å². The lowest BCUT2D eigenvalue weighted by atomic mass is 9.95. The Balaban J connectivity index is 1.11. The summed E-state index contributed by atoms with van der Waals surface area (Å²) in [5, 5.41) is 19.4. The fourth-order valence-corrected chi connectivity index (χ4v) is 5.50. The normalized spacial score (nSPS) is 17.1. The van der Waals surface area contributed by atoms with Gasteiger partial charge in [0.2, 0.25) is 5.78 Å². The zero-order valence-electron chi connectivity index (χ0n) is 22.9. The smallest absolute Gasteiger partial charge is 0.251 e. The number of unbranched alkanes of at least 4 members (excludes halogenated alkanes) is 1. The third-order valence-corrected chi connectivity index (χ3v) is 7.75. The maximum absolute atomic E-state index is 13.6. The molecule has 0 aromatic heterocycles. The van der Waals surface area contributed by atoms with E-state index < -0.39 is 6.23 Å². The molecule has 41 heavy (non-hydrogen) atoms. The number of hydrazone groups is 1. The van der Waals surface area contributed by atoms with Crippen LogP contribution in [0.25, 0.3) is 0 Å². The van der Waals surface area contributed by atoms with Crippen LogP contribution in [0.4, 0.5) is 0 Å². The molecule has 4 aromatic rings. The molecule has 6 heteroatoms. The Morgan fingerprint density at radius 3 is 2.44 bits per heavy atom. The maximum Gasteiger partial charge on any atom is 0.251 e. The van der Waals surface area contributed by atoms with Gasteiger partial charge < -0.3 is 10.1 Å². The minimum atomic E-state index is -0.866. The molecule has 204 valence electrons. The molecule has 0 aliphatic carbocycles. The highest BCUT2D eigenvalue weighted by Gasteiger charge is 2.43. The molecule has 2 unspecified atom stereocenters. The van der Waals surface area contributed by atoms with Crippen LogP contribution < -0.4 is 10.1 Å². The van der Waals surface area contributed by atoms with Gasteiger partial charge in [-0.15, -0.1) is 0 Å². The highest BCUT2D eigenvalue weighted by Crippen LogP contribution is 2.43. The zero-order valence-corrected chi connectivity index (χ0v) is 22.9. The Hall–Kier alpha value is -4.73. The summed E-state index contributed by atoms with van der Waals surface area (Å²) in [4.78, 5) is 13.6. The number of hydrogen-bond donors (Lipinski definition) is 1. The van der Waals surface area contributed by atoms with E-state index in [1.54, 1.807) is 24.3 Å². The third-order valence-electron chi connectivity index (χ3n) is 7.75. The van der Waals surface area contributed by atoms with Crippen LogP contribution in [-0.2, 0) is 13.0 Å². The molecule has 6 nitrogen and oxygen atoms in total. The number of para-hydroxylation sites is 1.